The van der Waals surface area contributed by atoms with Gasteiger partial charge in [0.1, 0.15) is 5.70 Å². The number of carbonyl (C=O) groups excluding carboxylic acids is 2. The molecule has 1 fully saturated rings. The van der Waals surface area contributed by atoms with Gasteiger partial charge in [0.2, 0.25) is 0 Å². The second kappa shape index (κ2) is 9.07. The zero-order valence-corrected chi connectivity index (χ0v) is 16.3. The Morgan fingerprint density at radius 3 is 2.11 bits per heavy atom. The summed E-state index contributed by atoms with van der Waals surface area (Å²) in [7, 11) is 0. The number of likely N-dealkylation sites (tertiary alicyclic amines) is 1. The molecule has 0 aliphatic carbocycles. The fraction of sp³-hybridized carbons (Fsp3) is 0.238. The standard InChI is InChI=1S/C21H20Cl2N2O2/c22-17-11-9-15(10-12-17)18(23)19(21(27)25-13-5-2-6-14-25)24-20(26)16-7-3-1-4-8-16/h1,3-4,7-12H,2,5-6,13-14H2,(H,24,26). The van der Waals surface area contributed by atoms with E-state index in [-0.39, 0.29) is 22.5 Å². The number of benzene rings is 2. The number of hydrogen-bond donors (Lipinski definition) is 1. The fourth-order valence-corrected chi connectivity index (χ4v) is 3.35. The number of nitrogens with one attached hydrogen (secondary N) is 1. The predicted octanol–water partition coefficient (Wildman–Crippen LogP) is 4.69. The van der Waals surface area contributed by atoms with E-state index in [0.717, 1.165) is 19.3 Å². The second-order valence-electron chi connectivity index (χ2n) is 6.37. The molecule has 1 N–H and O–H groups in total. The maximum absolute atomic E-state index is 13.1. The number of amides is 2. The molecular formula is C21H20Cl2N2O2. The first kappa shape index (κ1) is 19.5. The van der Waals surface area contributed by atoms with Crippen LogP contribution in [0.5, 0.6) is 0 Å². The van der Waals surface area contributed by atoms with Crippen LogP contribution in [0.3, 0.4) is 0 Å². The molecule has 1 aliphatic heterocycles. The van der Waals surface area contributed by atoms with Gasteiger partial charge in [0.05, 0.1) is 5.03 Å². The summed E-state index contributed by atoms with van der Waals surface area (Å²) in [6.45, 7) is 1.32. The molecule has 27 heavy (non-hydrogen) atoms. The first-order valence-corrected chi connectivity index (χ1v) is 9.63. The van der Waals surface area contributed by atoms with Crippen molar-refractivity contribution in [1.82, 2.24) is 10.2 Å². The molecule has 3 rings (SSSR count). The van der Waals surface area contributed by atoms with E-state index in [4.69, 9.17) is 23.2 Å². The number of carbonyl (C=O) groups is 2. The van der Waals surface area contributed by atoms with Crippen LogP contribution in [0.2, 0.25) is 5.02 Å². The van der Waals surface area contributed by atoms with Gasteiger partial charge < -0.3 is 10.2 Å². The van der Waals surface area contributed by atoms with Crippen molar-refractivity contribution in [2.24, 2.45) is 0 Å². The zero-order chi connectivity index (χ0) is 19.2. The van der Waals surface area contributed by atoms with Crippen LogP contribution in [-0.2, 0) is 4.79 Å². The van der Waals surface area contributed by atoms with Gasteiger partial charge >= 0.3 is 0 Å². The van der Waals surface area contributed by atoms with E-state index in [1.165, 1.54) is 0 Å². The lowest BCUT2D eigenvalue weighted by atomic mass is 10.1. The van der Waals surface area contributed by atoms with E-state index in [1.807, 2.05) is 6.07 Å². The van der Waals surface area contributed by atoms with Crippen molar-refractivity contribution in [3.05, 3.63) is 76.4 Å². The quantitative estimate of drug-likeness (QED) is 0.753. The minimum absolute atomic E-state index is 0.0924. The van der Waals surface area contributed by atoms with Gasteiger partial charge in [-0.1, -0.05) is 53.5 Å². The van der Waals surface area contributed by atoms with Crippen LogP contribution in [0.15, 0.2) is 60.3 Å². The maximum atomic E-state index is 13.1. The summed E-state index contributed by atoms with van der Waals surface area (Å²) in [5, 5.41) is 3.50. The lowest BCUT2D eigenvalue weighted by Gasteiger charge is -2.28. The maximum Gasteiger partial charge on any atom is 0.271 e. The molecule has 4 nitrogen and oxygen atoms in total. The van der Waals surface area contributed by atoms with E-state index in [2.05, 4.69) is 5.32 Å². The Kier molecular flexibility index (Phi) is 6.54. The van der Waals surface area contributed by atoms with E-state index >= 15 is 0 Å². The first-order chi connectivity index (χ1) is 13.1. The van der Waals surface area contributed by atoms with Crippen LogP contribution < -0.4 is 5.32 Å². The minimum atomic E-state index is -0.372. The molecule has 0 unspecified atom stereocenters. The summed E-state index contributed by atoms with van der Waals surface area (Å²) in [5.74, 6) is -0.637. The number of halogens is 2. The van der Waals surface area contributed by atoms with Crippen molar-refractivity contribution in [2.45, 2.75) is 19.3 Å². The summed E-state index contributed by atoms with van der Waals surface area (Å²) >= 11 is 12.5. The van der Waals surface area contributed by atoms with Gasteiger partial charge in [0.25, 0.3) is 11.8 Å². The van der Waals surface area contributed by atoms with Crippen molar-refractivity contribution < 1.29 is 9.59 Å². The van der Waals surface area contributed by atoms with Crippen molar-refractivity contribution in [3.63, 3.8) is 0 Å². The normalized spacial score (nSPS) is 15.1. The van der Waals surface area contributed by atoms with Crippen LogP contribution in [0.25, 0.3) is 5.03 Å². The van der Waals surface area contributed by atoms with Crippen LogP contribution >= 0.6 is 23.2 Å². The summed E-state index contributed by atoms with van der Waals surface area (Å²) in [6, 6.07) is 15.6. The largest absolute Gasteiger partial charge is 0.337 e. The minimum Gasteiger partial charge on any atom is -0.337 e. The Balaban J connectivity index is 1.94. The molecular weight excluding hydrogens is 383 g/mol. The molecule has 2 aromatic carbocycles. The molecule has 140 valence electrons. The predicted molar refractivity (Wildman–Crippen MR) is 109 cm³/mol. The first-order valence-electron chi connectivity index (χ1n) is 8.87. The number of nitrogens with zero attached hydrogens (tertiary/aromatic N) is 1. The average molecular weight is 403 g/mol. The molecule has 0 saturated carbocycles. The van der Waals surface area contributed by atoms with Gasteiger partial charge in [-0.05, 0) is 49.1 Å². The molecule has 2 amide bonds. The van der Waals surface area contributed by atoms with Crippen molar-refractivity contribution in [2.75, 3.05) is 13.1 Å². The molecule has 0 radical (unpaired) electrons. The van der Waals surface area contributed by atoms with Gasteiger partial charge in [-0.15, -0.1) is 0 Å². The van der Waals surface area contributed by atoms with Gasteiger partial charge in [-0.2, -0.15) is 0 Å². The highest BCUT2D eigenvalue weighted by Crippen LogP contribution is 2.26. The molecule has 6 heteroatoms. The highest BCUT2D eigenvalue weighted by atomic mass is 35.5. The van der Waals surface area contributed by atoms with E-state index < -0.39 is 0 Å². The van der Waals surface area contributed by atoms with Gasteiger partial charge in [0, 0.05) is 23.7 Å². The van der Waals surface area contributed by atoms with E-state index in [0.29, 0.717) is 29.2 Å². The van der Waals surface area contributed by atoms with E-state index in [9.17, 15) is 9.59 Å². The number of piperidine rings is 1. The third-order valence-electron chi connectivity index (χ3n) is 4.45. The highest BCUT2D eigenvalue weighted by molar-refractivity contribution is 6.51. The van der Waals surface area contributed by atoms with Crippen LogP contribution in [-0.4, -0.2) is 29.8 Å². The molecule has 0 aromatic heterocycles. The Morgan fingerprint density at radius 2 is 1.48 bits per heavy atom. The van der Waals surface area contributed by atoms with Crippen LogP contribution in [0.4, 0.5) is 0 Å². The monoisotopic (exact) mass is 402 g/mol. The van der Waals surface area contributed by atoms with Crippen LogP contribution in [0, 0.1) is 0 Å². The summed E-state index contributed by atoms with van der Waals surface area (Å²) in [5.41, 5.74) is 1.17. The SMILES string of the molecule is O=C(NC(C(=O)N1CCCCC1)=C(Cl)c1ccc(Cl)cc1)c1ccccc1. The van der Waals surface area contributed by atoms with E-state index in [1.54, 1.807) is 53.4 Å². The Bertz CT molecular complexity index is 842. The van der Waals surface area contributed by atoms with Gasteiger partial charge in [0.15, 0.2) is 0 Å². The average Bonchev–Trinajstić information content (AvgIpc) is 2.72. The Hall–Kier alpha value is -2.30. The van der Waals surface area contributed by atoms with Gasteiger partial charge in [-0.3, -0.25) is 9.59 Å². The lowest BCUT2D eigenvalue weighted by Crippen LogP contribution is -2.41. The topological polar surface area (TPSA) is 49.4 Å². The lowest BCUT2D eigenvalue weighted by molar-refractivity contribution is -0.128. The molecule has 1 saturated heterocycles. The zero-order valence-electron chi connectivity index (χ0n) is 14.8. The fourth-order valence-electron chi connectivity index (χ4n) is 2.97. The van der Waals surface area contributed by atoms with Gasteiger partial charge in [-0.25, -0.2) is 0 Å². The summed E-state index contributed by atoms with van der Waals surface area (Å²) in [4.78, 5) is 27.5. The molecule has 2 aromatic rings. The van der Waals surface area contributed by atoms with Crippen molar-refractivity contribution in [3.8, 4) is 0 Å². The van der Waals surface area contributed by atoms with Crippen LogP contribution in [0.1, 0.15) is 35.2 Å². The third-order valence-corrected chi connectivity index (χ3v) is 5.11. The smallest absolute Gasteiger partial charge is 0.271 e. The van der Waals surface area contributed by atoms with Crippen molar-refractivity contribution in [1.29, 1.82) is 0 Å². The Labute approximate surface area is 168 Å². The second-order valence-corrected chi connectivity index (χ2v) is 7.18. The number of hydrogen-bond acceptors (Lipinski definition) is 2. The molecule has 0 atom stereocenters. The Morgan fingerprint density at radius 1 is 0.852 bits per heavy atom. The molecule has 0 bridgehead atoms. The third kappa shape index (κ3) is 4.90. The van der Waals surface area contributed by atoms with Crippen molar-refractivity contribution >= 4 is 40.0 Å². The molecule has 1 aliphatic rings. The highest BCUT2D eigenvalue weighted by Gasteiger charge is 2.25. The molecule has 1 heterocycles. The summed E-state index contributed by atoms with van der Waals surface area (Å²) in [6.07, 6.45) is 3.00. The molecule has 0 spiro atoms. The summed E-state index contributed by atoms with van der Waals surface area (Å²) < 4.78 is 0. The number of rotatable bonds is 4.